The molecule has 11 heteroatoms. The molecule has 1 aromatic carbocycles. The van der Waals surface area contributed by atoms with E-state index in [1.54, 1.807) is 25.3 Å². The van der Waals surface area contributed by atoms with Crippen molar-refractivity contribution < 1.29 is 24.2 Å². The molecule has 0 fully saturated rings. The molecule has 0 aliphatic carbocycles. The first-order valence-electron chi connectivity index (χ1n) is 11.4. The van der Waals surface area contributed by atoms with Crippen molar-refractivity contribution in [1.29, 1.82) is 0 Å². The van der Waals surface area contributed by atoms with Gasteiger partial charge in [-0.1, -0.05) is 13.3 Å². The van der Waals surface area contributed by atoms with Crippen LogP contribution in [0.4, 0.5) is 0 Å². The van der Waals surface area contributed by atoms with Crippen LogP contribution in [0.1, 0.15) is 47.0 Å². The highest BCUT2D eigenvalue weighted by Crippen LogP contribution is 2.30. The number of rotatable bonds is 12. The summed E-state index contributed by atoms with van der Waals surface area (Å²) in [5.41, 5.74) is 0.221. The number of tetrazole rings is 1. The van der Waals surface area contributed by atoms with Crippen LogP contribution in [0.2, 0.25) is 0 Å². The van der Waals surface area contributed by atoms with Crippen LogP contribution in [0.3, 0.4) is 0 Å². The molecule has 0 radical (unpaired) electrons. The summed E-state index contributed by atoms with van der Waals surface area (Å²) in [5.74, 6) is 0.871. The lowest BCUT2D eigenvalue weighted by Crippen LogP contribution is -2.54. The number of carbonyl (C=O) groups excluding carboxylic acids is 2. The first-order chi connectivity index (χ1) is 16.1. The summed E-state index contributed by atoms with van der Waals surface area (Å²) in [6, 6.07) is 4.58. The van der Waals surface area contributed by atoms with Gasteiger partial charge in [0.2, 0.25) is 17.6 Å². The van der Waals surface area contributed by atoms with Crippen molar-refractivity contribution in [3.63, 3.8) is 0 Å². The molecule has 0 aliphatic heterocycles. The highest BCUT2D eigenvalue weighted by atomic mass is 16.5. The van der Waals surface area contributed by atoms with E-state index in [9.17, 15) is 14.7 Å². The van der Waals surface area contributed by atoms with E-state index in [0.29, 0.717) is 35.7 Å². The Labute approximate surface area is 200 Å². The smallest absolute Gasteiger partial charge is 0.246 e. The second-order valence-corrected chi connectivity index (χ2v) is 8.92. The van der Waals surface area contributed by atoms with E-state index >= 15 is 0 Å². The summed E-state index contributed by atoms with van der Waals surface area (Å²) in [7, 11) is 3.09. The lowest BCUT2D eigenvalue weighted by atomic mass is 10.0. The highest BCUT2D eigenvalue weighted by molar-refractivity contribution is 5.88. The summed E-state index contributed by atoms with van der Waals surface area (Å²) in [5, 5.41) is 24.7. The fraction of sp³-hybridized carbons (Fsp3) is 0.609. The summed E-state index contributed by atoms with van der Waals surface area (Å²) in [6.07, 6.45) is 1.58. The van der Waals surface area contributed by atoms with E-state index in [0.717, 1.165) is 6.42 Å². The van der Waals surface area contributed by atoms with Gasteiger partial charge in [0.1, 0.15) is 12.6 Å². The van der Waals surface area contributed by atoms with E-state index < -0.39 is 11.6 Å². The van der Waals surface area contributed by atoms with Gasteiger partial charge in [0, 0.05) is 24.3 Å². The van der Waals surface area contributed by atoms with Crippen molar-refractivity contribution in [2.75, 3.05) is 27.4 Å². The zero-order chi connectivity index (χ0) is 25.3. The standard InChI is InChI=1S/C23H36N6O5/c1-7-9-17(22(32)24-23(2,3)4)28(12-8-13-30)20(31)15-29-26-21(25-27-29)16-10-11-18(33-5)19(14-16)34-6/h10-11,14,17,30H,7-9,12-13,15H2,1-6H3,(H,24,32)/t17-/m1/s1. The molecule has 188 valence electrons. The van der Waals surface area contributed by atoms with Crippen molar-refractivity contribution in [2.24, 2.45) is 0 Å². The zero-order valence-corrected chi connectivity index (χ0v) is 20.9. The third-order valence-electron chi connectivity index (χ3n) is 4.99. The Morgan fingerprint density at radius 1 is 1.21 bits per heavy atom. The van der Waals surface area contributed by atoms with Crippen LogP contribution in [0.5, 0.6) is 11.5 Å². The summed E-state index contributed by atoms with van der Waals surface area (Å²) in [4.78, 5) is 28.9. The molecule has 0 bridgehead atoms. The van der Waals surface area contributed by atoms with Gasteiger partial charge in [0.15, 0.2) is 11.5 Å². The third-order valence-corrected chi connectivity index (χ3v) is 4.99. The predicted molar refractivity (Wildman–Crippen MR) is 126 cm³/mol. The number of ether oxygens (including phenoxy) is 2. The number of aliphatic hydroxyl groups excluding tert-OH is 1. The number of methoxy groups -OCH3 is 2. The van der Waals surface area contributed by atoms with Crippen molar-refractivity contribution in [3.8, 4) is 22.9 Å². The number of aromatic nitrogens is 4. The number of carbonyl (C=O) groups is 2. The van der Waals surface area contributed by atoms with Gasteiger partial charge in [-0.3, -0.25) is 9.59 Å². The second-order valence-electron chi connectivity index (χ2n) is 8.92. The van der Waals surface area contributed by atoms with Crippen LogP contribution in [-0.4, -0.2) is 81.0 Å². The van der Waals surface area contributed by atoms with Gasteiger partial charge >= 0.3 is 0 Å². The van der Waals surface area contributed by atoms with Crippen molar-refractivity contribution >= 4 is 11.8 Å². The molecule has 0 spiro atoms. The SMILES string of the molecule is CCC[C@H](C(=O)NC(C)(C)C)N(CCCO)C(=O)Cn1nnc(-c2ccc(OC)c(OC)c2)n1. The molecule has 0 saturated carbocycles. The normalized spacial score (nSPS) is 12.2. The van der Waals surface area contributed by atoms with Crippen LogP contribution >= 0.6 is 0 Å². The molecular formula is C23H36N6O5. The highest BCUT2D eigenvalue weighted by Gasteiger charge is 2.31. The van der Waals surface area contributed by atoms with Gasteiger partial charge in [0.25, 0.3) is 0 Å². The zero-order valence-electron chi connectivity index (χ0n) is 20.9. The lowest BCUT2D eigenvalue weighted by Gasteiger charge is -2.33. The largest absolute Gasteiger partial charge is 0.493 e. The van der Waals surface area contributed by atoms with Gasteiger partial charge in [-0.25, -0.2) is 0 Å². The van der Waals surface area contributed by atoms with Crippen LogP contribution < -0.4 is 14.8 Å². The molecule has 2 aromatic rings. The van der Waals surface area contributed by atoms with E-state index in [1.807, 2.05) is 27.7 Å². The lowest BCUT2D eigenvalue weighted by molar-refractivity contribution is -0.142. The van der Waals surface area contributed by atoms with Crippen LogP contribution in [0.25, 0.3) is 11.4 Å². The molecular weight excluding hydrogens is 440 g/mol. The van der Waals surface area contributed by atoms with Gasteiger partial charge in [-0.15, -0.1) is 10.2 Å². The Bertz CT molecular complexity index is 956. The number of amides is 2. The Kier molecular flexibility index (Phi) is 9.79. The van der Waals surface area contributed by atoms with Gasteiger partial charge in [-0.05, 0) is 57.0 Å². The topological polar surface area (TPSA) is 132 Å². The monoisotopic (exact) mass is 476 g/mol. The molecule has 0 aliphatic rings. The molecule has 2 rings (SSSR count). The molecule has 1 aromatic heterocycles. The molecule has 34 heavy (non-hydrogen) atoms. The Balaban J connectivity index is 2.24. The molecule has 2 N–H and O–H groups in total. The molecule has 11 nitrogen and oxygen atoms in total. The Hall–Kier alpha value is -3.21. The van der Waals surface area contributed by atoms with Gasteiger partial charge < -0.3 is 24.8 Å². The minimum absolute atomic E-state index is 0.0887. The van der Waals surface area contributed by atoms with Crippen molar-refractivity contribution in [3.05, 3.63) is 18.2 Å². The van der Waals surface area contributed by atoms with E-state index in [-0.39, 0.29) is 31.5 Å². The van der Waals surface area contributed by atoms with Gasteiger partial charge in [0.05, 0.1) is 14.2 Å². The quantitative estimate of drug-likeness (QED) is 0.473. The second kappa shape index (κ2) is 12.3. The van der Waals surface area contributed by atoms with Gasteiger partial charge in [-0.2, -0.15) is 4.80 Å². The maximum atomic E-state index is 13.2. The summed E-state index contributed by atoms with van der Waals surface area (Å²) < 4.78 is 10.6. The minimum atomic E-state index is -0.655. The number of aliphatic hydroxyl groups is 1. The summed E-state index contributed by atoms with van der Waals surface area (Å²) in [6.45, 7) is 7.60. The van der Waals surface area contributed by atoms with E-state index in [4.69, 9.17) is 9.47 Å². The molecule has 0 saturated heterocycles. The van der Waals surface area contributed by atoms with Crippen molar-refractivity contribution in [1.82, 2.24) is 30.4 Å². The number of benzene rings is 1. The molecule has 1 heterocycles. The van der Waals surface area contributed by atoms with Crippen LogP contribution in [0.15, 0.2) is 18.2 Å². The number of hydrogen-bond acceptors (Lipinski definition) is 8. The average Bonchev–Trinajstić information content (AvgIpc) is 3.25. The number of nitrogens with one attached hydrogen (secondary N) is 1. The maximum Gasteiger partial charge on any atom is 0.246 e. The third kappa shape index (κ3) is 7.41. The Morgan fingerprint density at radius 2 is 1.91 bits per heavy atom. The fourth-order valence-corrected chi connectivity index (χ4v) is 3.46. The van der Waals surface area contributed by atoms with E-state index in [1.165, 1.54) is 16.8 Å². The molecule has 1 atom stereocenters. The average molecular weight is 477 g/mol. The minimum Gasteiger partial charge on any atom is -0.493 e. The molecule has 0 unspecified atom stereocenters. The first kappa shape index (κ1) is 27.0. The van der Waals surface area contributed by atoms with Crippen LogP contribution in [0, 0.1) is 0 Å². The fourth-order valence-electron chi connectivity index (χ4n) is 3.46. The Morgan fingerprint density at radius 3 is 2.50 bits per heavy atom. The maximum absolute atomic E-state index is 13.2. The summed E-state index contributed by atoms with van der Waals surface area (Å²) >= 11 is 0. The first-order valence-corrected chi connectivity index (χ1v) is 11.4. The molecule has 2 amide bonds. The van der Waals surface area contributed by atoms with Crippen LogP contribution in [-0.2, 0) is 16.1 Å². The van der Waals surface area contributed by atoms with E-state index in [2.05, 4.69) is 20.7 Å². The number of nitrogens with zero attached hydrogens (tertiary/aromatic N) is 5. The predicted octanol–water partition coefficient (Wildman–Crippen LogP) is 1.65. The van der Waals surface area contributed by atoms with Crippen molar-refractivity contribution in [2.45, 2.75) is 65.1 Å². The number of hydrogen-bond donors (Lipinski definition) is 2.